The molecule has 2 aromatic carbocycles. The number of halogens is 2. The minimum Gasteiger partial charge on any atom is -0.395 e. The topological polar surface area (TPSA) is 105 Å². The number of rotatable bonds is 8. The smallest absolute Gasteiger partial charge is 0.282 e. The first kappa shape index (κ1) is 27.1. The summed E-state index contributed by atoms with van der Waals surface area (Å²) < 4.78 is 54.5. The largest absolute Gasteiger partial charge is 0.395 e. The lowest BCUT2D eigenvalue weighted by molar-refractivity contribution is -0.0262. The molecule has 3 aliphatic heterocycles. The number of likely N-dealkylation sites (N-methyl/N-ethyl adjacent to an activating group) is 1. The zero-order valence-corrected chi connectivity index (χ0v) is 23.4. The third-order valence-corrected chi connectivity index (χ3v) is 9.97. The van der Waals surface area contributed by atoms with E-state index in [1.807, 2.05) is 13.1 Å². The highest BCUT2D eigenvalue weighted by Crippen LogP contribution is 2.54. The van der Waals surface area contributed by atoms with Crippen LogP contribution in [0.25, 0.3) is 0 Å². The molecule has 1 saturated carbocycles. The van der Waals surface area contributed by atoms with Gasteiger partial charge in [0.05, 0.1) is 53.8 Å². The van der Waals surface area contributed by atoms with Crippen LogP contribution >= 0.6 is 0 Å². The molecule has 1 spiro atoms. The van der Waals surface area contributed by atoms with Gasteiger partial charge in [-0.1, -0.05) is 0 Å². The summed E-state index contributed by atoms with van der Waals surface area (Å²) in [4.78, 5) is 19.5. The van der Waals surface area contributed by atoms with Gasteiger partial charge in [0.2, 0.25) is 10.0 Å². The number of amides is 1. The summed E-state index contributed by atoms with van der Waals surface area (Å²) in [6.07, 6.45) is 5.27. The number of hydrogen-bond donors (Lipinski definition) is 3. The quantitative estimate of drug-likeness (QED) is 0.443. The fraction of sp³-hybridized carbons (Fsp3) is 0.536. The van der Waals surface area contributed by atoms with Crippen LogP contribution < -0.4 is 24.7 Å². The van der Waals surface area contributed by atoms with Crippen molar-refractivity contribution in [2.24, 2.45) is 5.41 Å². The van der Waals surface area contributed by atoms with Crippen molar-refractivity contribution in [1.82, 2.24) is 0 Å². The number of carbonyl (C=O) groups is 1. The van der Waals surface area contributed by atoms with Crippen molar-refractivity contribution >= 4 is 44.4 Å². The van der Waals surface area contributed by atoms with E-state index >= 15 is 0 Å². The molecule has 0 radical (unpaired) electrons. The van der Waals surface area contributed by atoms with E-state index in [2.05, 4.69) is 19.8 Å². The third-order valence-electron chi connectivity index (χ3n) is 8.71. The van der Waals surface area contributed by atoms with Crippen molar-refractivity contribution in [3.05, 3.63) is 41.5 Å². The average molecular weight is 576 g/mol. The highest BCUT2D eigenvalue weighted by Gasteiger charge is 2.46. The summed E-state index contributed by atoms with van der Waals surface area (Å²) in [5, 5.41) is 12.1. The van der Waals surface area contributed by atoms with Crippen LogP contribution in [0.1, 0.15) is 41.6 Å². The Morgan fingerprint density at radius 1 is 0.975 bits per heavy atom. The molecule has 3 N–H and O–H groups in total. The maximum atomic E-state index is 13.7. The van der Waals surface area contributed by atoms with Crippen LogP contribution in [0.3, 0.4) is 0 Å². The molecule has 3 heterocycles. The zero-order chi connectivity index (χ0) is 28.3. The van der Waals surface area contributed by atoms with Gasteiger partial charge < -0.3 is 25.1 Å². The highest BCUT2D eigenvalue weighted by atomic mass is 32.2. The number of nitrogens with zero attached hydrogens (tertiary/aromatic N) is 3. The first-order valence-electron chi connectivity index (χ1n) is 13.8. The number of fused-ring (bicyclic) bond motifs is 1. The second-order valence-electron chi connectivity index (χ2n) is 11.7. The maximum Gasteiger partial charge on any atom is 0.282 e. The molecule has 1 amide bonds. The minimum absolute atomic E-state index is 0.327. The van der Waals surface area contributed by atoms with Crippen molar-refractivity contribution in [3.63, 3.8) is 0 Å². The molecule has 216 valence electrons. The number of nitrogens with one attached hydrogen (secondary N) is 2. The fourth-order valence-electron chi connectivity index (χ4n) is 6.20. The van der Waals surface area contributed by atoms with Crippen molar-refractivity contribution in [2.75, 3.05) is 76.9 Å². The van der Waals surface area contributed by atoms with Crippen LogP contribution in [0.4, 0.5) is 37.2 Å². The molecule has 0 unspecified atom stereocenters. The first-order valence-corrected chi connectivity index (χ1v) is 15.4. The second-order valence-corrected chi connectivity index (χ2v) is 13.5. The summed E-state index contributed by atoms with van der Waals surface area (Å²) >= 11 is 0. The summed E-state index contributed by atoms with van der Waals surface area (Å²) in [6.45, 7) is 1.12. The number of hydrogen-bond acceptors (Lipinski definition) is 7. The molecular weight excluding hydrogens is 540 g/mol. The molecule has 2 saturated heterocycles. The number of aliphatic hydroxyl groups is 1. The van der Waals surface area contributed by atoms with E-state index in [0.717, 1.165) is 50.1 Å². The summed E-state index contributed by atoms with van der Waals surface area (Å²) in [5.74, 6) is -3.49. The summed E-state index contributed by atoms with van der Waals surface area (Å²) in [7, 11) is -1.79. The van der Waals surface area contributed by atoms with Gasteiger partial charge in [-0.25, -0.2) is 17.2 Å². The molecule has 40 heavy (non-hydrogen) atoms. The van der Waals surface area contributed by atoms with Crippen LogP contribution in [0.5, 0.6) is 0 Å². The second kappa shape index (κ2) is 9.76. The number of benzene rings is 2. The first-order chi connectivity index (χ1) is 19.0. The molecule has 6 rings (SSSR count). The van der Waals surface area contributed by atoms with E-state index in [4.69, 9.17) is 5.11 Å². The van der Waals surface area contributed by atoms with Crippen molar-refractivity contribution in [1.29, 1.82) is 0 Å². The Hall–Kier alpha value is -3.12. The molecule has 2 aromatic rings. The van der Waals surface area contributed by atoms with Crippen molar-refractivity contribution in [3.8, 4) is 0 Å². The normalized spacial score (nSPS) is 20.8. The third kappa shape index (κ3) is 5.30. The maximum absolute atomic E-state index is 13.7. The Balaban J connectivity index is 1.29. The molecule has 12 heteroatoms. The molecule has 9 nitrogen and oxygen atoms in total. The molecule has 3 fully saturated rings. The van der Waals surface area contributed by atoms with Crippen LogP contribution in [0.2, 0.25) is 0 Å². The molecule has 4 aliphatic rings. The van der Waals surface area contributed by atoms with Crippen LogP contribution in [0.15, 0.2) is 30.3 Å². The molecule has 0 aromatic heterocycles. The lowest BCUT2D eigenvalue weighted by Gasteiger charge is -2.42. The monoisotopic (exact) mass is 575 g/mol. The number of carbonyl (C=O) groups excluding carboxylic acids is 1. The van der Waals surface area contributed by atoms with Gasteiger partial charge >= 0.3 is 0 Å². The zero-order valence-electron chi connectivity index (χ0n) is 22.5. The molecular formula is C28H35F2N5O4S. The summed E-state index contributed by atoms with van der Waals surface area (Å²) in [6, 6.07) is 8.52. The van der Waals surface area contributed by atoms with E-state index in [9.17, 15) is 22.0 Å². The van der Waals surface area contributed by atoms with Gasteiger partial charge in [-0.15, -0.1) is 0 Å². The van der Waals surface area contributed by atoms with Gasteiger partial charge in [0.25, 0.3) is 11.8 Å². The number of alkyl halides is 2. The Bertz CT molecular complexity index is 1430. The van der Waals surface area contributed by atoms with Gasteiger partial charge in [-0.05, 0) is 73.4 Å². The van der Waals surface area contributed by atoms with E-state index in [1.165, 1.54) is 12.8 Å². The van der Waals surface area contributed by atoms with Crippen molar-refractivity contribution in [2.45, 2.75) is 38.0 Å². The SMILES string of the molecule is CN1CCc2cc(NC(=O)c3ccc(NS(=O)(=O)CCO)cc3N3CCC4(CC3)CC4)cc(N3CC(F)(F)C3)c21. The number of piperidine rings is 1. The summed E-state index contributed by atoms with van der Waals surface area (Å²) in [5.41, 5.74) is 4.96. The molecule has 1 aliphatic carbocycles. The lowest BCUT2D eigenvalue weighted by Crippen LogP contribution is -2.56. The molecule has 0 atom stereocenters. The van der Waals surface area contributed by atoms with Crippen LogP contribution in [-0.2, 0) is 16.4 Å². The predicted molar refractivity (Wildman–Crippen MR) is 153 cm³/mol. The Kier molecular flexibility index (Phi) is 6.60. The standard InChI is InChI=1S/C28H35F2N5O4S/c1-33-9-4-19-14-21(16-24(25(19)33)35-17-28(29,30)18-35)31-26(37)22-3-2-20(32-40(38,39)13-12-36)15-23(22)34-10-7-27(5-6-27)8-11-34/h2-3,14-16,32,36H,4-13,17-18H2,1H3,(H,31,37). The van der Waals surface area contributed by atoms with Gasteiger partial charge in [0, 0.05) is 32.4 Å². The van der Waals surface area contributed by atoms with E-state index < -0.39 is 28.3 Å². The van der Waals surface area contributed by atoms with E-state index in [-0.39, 0.29) is 19.0 Å². The highest BCUT2D eigenvalue weighted by molar-refractivity contribution is 7.92. The van der Waals surface area contributed by atoms with Gasteiger partial charge in [-0.2, -0.15) is 0 Å². The van der Waals surface area contributed by atoms with E-state index in [0.29, 0.717) is 33.7 Å². The fourth-order valence-corrected chi connectivity index (χ4v) is 7.03. The predicted octanol–water partition coefficient (Wildman–Crippen LogP) is 3.50. The van der Waals surface area contributed by atoms with Crippen LogP contribution in [0, 0.1) is 5.41 Å². The van der Waals surface area contributed by atoms with Gasteiger partial charge in [0.15, 0.2) is 0 Å². The Morgan fingerprint density at radius 2 is 1.68 bits per heavy atom. The lowest BCUT2D eigenvalue weighted by atomic mass is 9.93. The van der Waals surface area contributed by atoms with Gasteiger partial charge in [0.1, 0.15) is 0 Å². The van der Waals surface area contributed by atoms with Crippen LogP contribution in [-0.4, -0.2) is 77.5 Å². The minimum atomic E-state index is -3.73. The number of anilines is 5. The average Bonchev–Trinajstić information content (AvgIpc) is 3.53. The van der Waals surface area contributed by atoms with E-state index in [1.54, 1.807) is 29.2 Å². The number of aliphatic hydroxyl groups excluding tert-OH is 1. The Morgan fingerprint density at radius 3 is 2.33 bits per heavy atom. The Labute approximate surface area is 233 Å². The number of sulfonamides is 1. The van der Waals surface area contributed by atoms with Crippen molar-refractivity contribution < 1.29 is 27.1 Å². The molecule has 0 bridgehead atoms. The van der Waals surface area contributed by atoms with Gasteiger partial charge in [-0.3, -0.25) is 9.52 Å².